The number of piperidine rings is 1. The first kappa shape index (κ1) is 18.6. The van der Waals surface area contributed by atoms with Crippen LogP contribution < -0.4 is 5.84 Å². The van der Waals surface area contributed by atoms with Crippen molar-refractivity contribution in [1.82, 2.24) is 19.8 Å². The number of thioether (sulfide) groups is 1. The van der Waals surface area contributed by atoms with Gasteiger partial charge in [0.15, 0.2) is 0 Å². The third-order valence-corrected chi connectivity index (χ3v) is 5.33. The van der Waals surface area contributed by atoms with Crippen molar-refractivity contribution in [3.05, 3.63) is 41.7 Å². The molecule has 1 aliphatic heterocycles. The predicted molar refractivity (Wildman–Crippen MR) is 90.6 cm³/mol. The lowest BCUT2D eigenvalue weighted by Crippen LogP contribution is -2.38. The summed E-state index contributed by atoms with van der Waals surface area (Å²) in [6.45, 7) is 1.29. The molecule has 0 bridgehead atoms. The molecule has 140 valence electrons. The van der Waals surface area contributed by atoms with E-state index in [1.54, 1.807) is 29.2 Å². The lowest BCUT2D eigenvalue weighted by Gasteiger charge is -2.30. The highest BCUT2D eigenvalue weighted by atomic mass is 32.2. The quantitative estimate of drug-likeness (QED) is 0.647. The number of nitrogens with two attached hydrogens (primary N) is 1. The molecule has 2 heterocycles. The minimum atomic E-state index is -4.71. The van der Waals surface area contributed by atoms with Crippen LogP contribution in [0, 0.1) is 0 Å². The molecule has 10 heteroatoms. The van der Waals surface area contributed by atoms with Gasteiger partial charge >= 0.3 is 6.18 Å². The summed E-state index contributed by atoms with van der Waals surface area (Å²) in [6, 6.07) is 8.90. The Balaban J connectivity index is 1.89. The zero-order valence-electron chi connectivity index (χ0n) is 13.8. The number of carbonyl (C=O) groups excluding carboxylic acids is 1. The van der Waals surface area contributed by atoms with Gasteiger partial charge in [-0.05, 0) is 24.8 Å². The summed E-state index contributed by atoms with van der Waals surface area (Å²) in [6.07, 6.45) is -1.80. The number of aromatic nitrogens is 3. The molecule has 26 heavy (non-hydrogen) atoms. The van der Waals surface area contributed by atoms with Crippen molar-refractivity contribution < 1.29 is 18.0 Å². The van der Waals surface area contributed by atoms with Crippen molar-refractivity contribution in [2.24, 2.45) is 0 Å². The number of amides is 1. The number of nitrogen functional groups attached to an aromatic ring is 1. The molecule has 1 aromatic carbocycles. The van der Waals surface area contributed by atoms with Gasteiger partial charge in [0, 0.05) is 13.1 Å². The maximum absolute atomic E-state index is 13.0. The van der Waals surface area contributed by atoms with Crippen LogP contribution in [-0.2, 0) is 11.0 Å². The van der Waals surface area contributed by atoms with Gasteiger partial charge in [-0.15, -0.1) is 10.2 Å². The summed E-state index contributed by atoms with van der Waals surface area (Å²) < 4.78 is 39.0. The van der Waals surface area contributed by atoms with E-state index in [1.165, 1.54) is 0 Å². The maximum Gasteiger partial charge on any atom is 0.453 e. The van der Waals surface area contributed by atoms with E-state index in [-0.39, 0.29) is 11.1 Å². The number of rotatable bonds is 4. The van der Waals surface area contributed by atoms with Crippen LogP contribution in [0.3, 0.4) is 0 Å². The van der Waals surface area contributed by atoms with Crippen molar-refractivity contribution in [3.8, 4) is 0 Å². The summed E-state index contributed by atoms with van der Waals surface area (Å²) in [5.74, 6) is 4.07. The van der Waals surface area contributed by atoms with Crippen LogP contribution in [0.2, 0.25) is 0 Å². The van der Waals surface area contributed by atoms with E-state index in [0.29, 0.717) is 23.3 Å². The molecule has 2 aromatic rings. The van der Waals surface area contributed by atoms with Crippen LogP contribution >= 0.6 is 11.8 Å². The second kappa shape index (κ2) is 7.56. The summed E-state index contributed by atoms with van der Waals surface area (Å²) in [7, 11) is 0. The van der Waals surface area contributed by atoms with Crippen LogP contribution in [0.1, 0.15) is 35.9 Å². The van der Waals surface area contributed by atoms with Crippen molar-refractivity contribution in [2.45, 2.75) is 35.8 Å². The Morgan fingerprint density at radius 1 is 1.12 bits per heavy atom. The van der Waals surface area contributed by atoms with Gasteiger partial charge in [-0.3, -0.25) is 4.79 Å². The summed E-state index contributed by atoms with van der Waals surface area (Å²) in [5.41, 5.74) is 0.685. The fraction of sp³-hybridized carbons (Fsp3) is 0.438. The molecule has 6 nitrogen and oxygen atoms in total. The van der Waals surface area contributed by atoms with Crippen molar-refractivity contribution in [2.75, 3.05) is 18.9 Å². The Morgan fingerprint density at radius 3 is 2.35 bits per heavy atom. The zero-order chi connectivity index (χ0) is 18.7. The molecule has 1 aliphatic rings. The fourth-order valence-electron chi connectivity index (χ4n) is 2.83. The molecule has 1 saturated heterocycles. The molecule has 2 N–H and O–H groups in total. The number of nitrogens with zero attached hydrogens (tertiary/aromatic N) is 4. The van der Waals surface area contributed by atoms with Crippen LogP contribution in [0.4, 0.5) is 13.2 Å². The second-order valence-electron chi connectivity index (χ2n) is 5.97. The van der Waals surface area contributed by atoms with Crippen molar-refractivity contribution >= 4 is 17.7 Å². The molecule has 0 spiro atoms. The molecule has 1 fully saturated rings. The molecule has 3 rings (SSSR count). The van der Waals surface area contributed by atoms with Crippen LogP contribution in [0.5, 0.6) is 0 Å². The normalized spacial score (nSPS) is 16.5. The Bertz CT molecular complexity index is 759. The van der Waals surface area contributed by atoms with Crippen molar-refractivity contribution in [3.63, 3.8) is 0 Å². The monoisotopic (exact) mass is 385 g/mol. The van der Waals surface area contributed by atoms with E-state index in [0.717, 1.165) is 31.0 Å². The number of carbonyl (C=O) groups is 1. The summed E-state index contributed by atoms with van der Waals surface area (Å²) in [5, 5.41) is 5.77. The standard InChI is InChI=1S/C16H18F3N5OS/c17-16(18,19)14-21-22-15(24(14)20)26-12(11-7-3-1-4-8-11)13(25)23-9-5-2-6-10-23/h1,3-4,7-8,12H,2,5-6,9-10,20H2. The predicted octanol–water partition coefficient (Wildman–Crippen LogP) is 2.86. The molecular weight excluding hydrogens is 367 g/mol. The lowest BCUT2D eigenvalue weighted by atomic mass is 10.1. The minimum Gasteiger partial charge on any atom is -0.341 e. The van der Waals surface area contributed by atoms with E-state index in [4.69, 9.17) is 5.84 Å². The molecule has 0 radical (unpaired) electrons. The van der Waals surface area contributed by atoms with Crippen molar-refractivity contribution in [1.29, 1.82) is 0 Å². The van der Waals surface area contributed by atoms with Gasteiger partial charge in [0.2, 0.25) is 11.1 Å². The van der Waals surface area contributed by atoms with Gasteiger partial charge in [-0.2, -0.15) is 13.2 Å². The molecule has 0 aliphatic carbocycles. The average molecular weight is 385 g/mol. The highest BCUT2D eigenvalue weighted by Gasteiger charge is 2.39. The number of likely N-dealkylation sites (tertiary alicyclic amines) is 1. The van der Waals surface area contributed by atoms with Gasteiger partial charge < -0.3 is 10.7 Å². The molecule has 1 amide bonds. The smallest absolute Gasteiger partial charge is 0.341 e. The Kier molecular flexibility index (Phi) is 5.40. The summed E-state index contributed by atoms with van der Waals surface area (Å²) >= 11 is 0.880. The molecule has 0 saturated carbocycles. The number of halogens is 3. The largest absolute Gasteiger partial charge is 0.453 e. The number of benzene rings is 1. The first-order chi connectivity index (χ1) is 12.4. The Morgan fingerprint density at radius 2 is 1.77 bits per heavy atom. The van der Waals surface area contributed by atoms with E-state index in [1.807, 2.05) is 6.07 Å². The van der Waals surface area contributed by atoms with Crippen LogP contribution in [-0.4, -0.2) is 38.8 Å². The maximum atomic E-state index is 13.0. The topological polar surface area (TPSA) is 77.0 Å². The van der Waals surface area contributed by atoms with Gasteiger partial charge in [-0.1, -0.05) is 42.1 Å². The SMILES string of the molecule is Nn1c(SC(C(=O)N2CCCCC2)c2ccccc2)nnc1C(F)(F)F. The fourth-order valence-corrected chi connectivity index (χ4v) is 3.87. The van der Waals surface area contributed by atoms with Crippen LogP contribution in [0.15, 0.2) is 35.5 Å². The lowest BCUT2D eigenvalue weighted by molar-refractivity contribution is -0.146. The number of alkyl halides is 3. The number of hydrogen-bond acceptors (Lipinski definition) is 5. The third kappa shape index (κ3) is 3.95. The molecule has 1 atom stereocenters. The average Bonchev–Trinajstić information content (AvgIpc) is 3.01. The number of hydrogen-bond donors (Lipinski definition) is 1. The highest BCUT2D eigenvalue weighted by molar-refractivity contribution is 8.00. The van der Waals surface area contributed by atoms with Gasteiger partial charge in [0.05, 0.1) is 0 Å². The highest BCUT2D eigenvalue weighted by Crippen LogP contribution is 2.37. The van der Waals surface area contributed by atoms with E-state index in [9.17, 15) is 18.0 Å². The minimum absolute atomic E-state index is 0.155. The zero-order valence-corrected chi connectivity index (χ0v) is 14.6. The van der Waals surface area contributed by atoms with Gasteiger partial charge in [0.1, 0.15) is 5.25 Å². The van der Waals surface area contributed by atoms with Gasteiger partial charge in [0.25, 0.3) is 5.82 Å². The molecular formula is C16H18F3N5OS. The Labute approximate surface area is 152 Å². The first-order valence-corrected chi connectivity index (χ1v) is 9.04. The summed E-state index contributed by atoms with van der Waals surface area (Å²) in [4.78, 5) is 14.7. The van der Waals surface area contributed by atoms with Crippen LogP contribution in [0.25, 0.3) is 0 Å². The van der Waals surface area contributed by atoms with E-state index in [2.05, 4.69) is 10.2 Å². The third-order valence-electron chi connectivity index (χ3n) is 4.14. The Hall–Kier alpha value is -2.23. The van der Waals surface area contributed by atoms with Gasteiger partial charge in [-0.25, -0.2) is 4.68 Å². The van der Waals surface area contributed by atoms with E-state index >= 15 is 0 Å². The molecule has 1 unspecified atom stereocenters. The first-order valence-electron chi connectivity index (χ1n) is 8.16. The molecule has 1 aromatic heterocycles. The second-order valence-corrected chi connectivity index (χ2v) is 7.04. The van der Waals surface area contributed by atoms with E-state index < -0.39 is 17.3 Å².